The average molecular weight is 329 g/mol. The van der Waals surface area contributed by atoms with Crippen LogP contribution in [-0.4, -0.2) is 37.7 Å². The molecule has 0 bridgehead atoms. The van der Waals surface area contributed by atoms with Crippen LogP contribution in [0.5, 0.6) is 0 Å². The highest BCUT2D eigenvalue weighted by Gasteiger charge is 2.36. The molecule has 23 heavy (non-hydrogen) atoms. The molecule has 9 heteroatoms. The fourth-order valence-electron chi connectivity index (χ4n) is 3.01. The largest absolute Gasteiger partial charge is 0.434 e. The summed E-state index contributed by atoms with van der Waals surface area (Å²) in [7, 11) is 1.61. The molecule has 0 aromatic carbocycles. The van der Waals surface area contributed by atoms with Crippen molar-refractivity contribution in [3.63, 3.8) is 0 Å². The lowest BCUT2D eigenvalue weighted by Crippen LogP contribution is -2.35. The van der Waals surface area contributed by atoms with Crippen LogP contribution in [0.1, 0.15) is 42.0 Å². The maximum absolute atomic E-state index is 12.8. The second-order valence-corrected chi connectivity index (χ2v) is 5.90. The first-order chi connectivity index (χ1) is 10.8. The van der Waals surface area contributed by atoms with Crippen molar-refractivity contribution in [1.29, 1.82) is 0 Å². The molecule has 126 valence electrons. The maximum Gasteiger partial charge on any atom is 0.434 e. The Morgan fingerprint density at radius 3 is 2.74 bits per heavy atom. The van der Waals surface area contributed by atoms with E-state index in [2.05, 4.69) is 20.0 Å². The minimum Gasteiger partial charge on any atom is -0.340 e. The molecule has 3 rings (SSSR count). The number of halogens is 3. The summed E-state index contributed by atoms with van der Waals surface area (Å²) in [5.74, 6) is 1.55. The molecule has 0 amide bonds. The van der Waals surface area contributed by atoms with Gasteiger partial charge in [-0.05, 0) is 19.4 Å². The number of rotatable bonds is 3. The minimum absolute atomic E-state index is 0.0298. The number of piperidine rings is 1. The molecule has 2 aromatic rings. The van der Waals surface area contributed by atoms with Crippen molar-refractivity contribution in [2.24, 2.45) is 7.05 Å². The Balaban J connectivity index is 1.72. The standard InChI is InChI=1S/C14H18F3N5O/c1-9-18-12(20-23-9)8-22-5-3-4-10(6-22)13-19-11(7-21(13)2)14(15,16)17/h7,10H,3-6,8H2,1-2H3/t10-/m0/s1. The molecule has 0 unspecified atom stereocenters. The molecule has 1 aliphatic heterocycles. The van der Waals surface area contributed by atoms with E-state index < -0.39 is 11.9 Å². The number of hydrogen-bond donors (Lipinski definition) is 0. The van der Waals surface area contributed by atoms with Crippen LogP contribution in [0.2, 0.25) is 0 Å². The monoisotopic (exact) mass is 329 g/mol. The lowest BCUT2D eigenvalue weighted by Gasteiger charge is -2.31. The number of likely N-dealkylation sites (tertiary alicyclic amines) is 1. The molecular weight excluding hydrogens is 311 g/mol. The Bertz CT molecular complexity index is 678. The molecule has 1 aliphatic rings. The van der Waals surface area contributed by atoms with Crippen LogP contribution in [0.25, 0.3) is 0 Å². The minimum atomic E-state index is -4.41. The molecule has 0 aliphatic carbocycles. The Morgan fingerprint density at radius 2 is 2.13 bits per heavy atom. The van der Waals surface area contributed by atoms with Crippen molar-refractivity contribution in [3.8, 4) is 0 Å². The van der Waals surface area contributed by atoms with Gasteiger partial charge in [-0.15, -0.1) is 0 Å². The van der Waals surface area contributed by atoms with Crippen LogP contribution >= 0.6 is 0 Å². The van der Waals surface area contributed by atoms with Gasteiger partial charge in [-0.2, -0.15) is 18.2 Å². The first-order valence-electron chi connectivity index (χ1n) is 7.45. The van der Waals surface area contributed by atoms with Gasteiger partial charge in [-0.25, -0.2) is 4.98 Å². The number of alkyl halides is 3. The quantitative estimate of drug-likeness (QED) is 0.866. The summed E-state index contributed by atoms with van der Waals surface area (Å²) in [5, 5.41) is 3.86. The van der Waals surface area contributed by atoms with E-state index in [1.807, 2.05) is 0 Å². The van der Waals surface area contributed by atoms with E-state index in [0.717, 1.165) is 25.6 Å². The first kappa shape index (κ1) is 16.0. The van der Waals surface area contributed by atoms with Crippen LogP contribution in [0.15, 0.2) is 10.7 Å². The van der Waals surface area contributed by atoms with E-state index >= 15 is 0 Å². The van der Waals surface area contributed by atoms with Crippen molar-refractivity contribution in [3.05, 3.63) is 29.4 Å². The summed E-state index contributed by atoms with van der Waals surface area (Å²) in [5.41, 5.74) is -0.832. The molecule has 0 N–H and O–H groups in total. The third-order valence-corrected chi connectivity index (χ3v) is 4.01. The van der Waals surface area contributed by atoms with Crippen molar-refractivity contribution in [2.45, 2.75) is 38.4 Å². The molecular formula is C14H18F3N5O. The van der Waals surface area contributed by atoms with E-state index in [4.69, 9.17) is 4.52 Å². The Hall–Kier alpha value is -1.90. The van der Waals surface area contributed by atoms with Crippen LogP contribution in [-0.2, 0) is 19.8 Å². The average Bonchev–Trinajstić information content (AvgIpc) is 3.05. The molecule has 6 nitrogen and oxygen atoms in total. The molecule has 1 saturated heterocycles. The normalized spacial score (nSPS) is 20.1. The van der Waals surface area contributed by atoms with E-state index in [9.17, 15) is 13.2 Å². The first-order valence-corrected chi connectivity index (χ1v) is 7.45. The zero-order chi connectivity index (χ0) is 16.6. The van der Waals surface area contributed by atoms with Gasteiger partial charge in [0.25, 0.3) is 0 Å². The highest BCUT2D eigenvalue weighted by Crippen LogP contribution is 2.32. The van der Waals surface area contributed by atoms with Gasteiger partial charge in [0.15, 0.2) is 11.5 Å². The maximum atomic E-state index is 12.8. The van der Waals surface area contributed by atoms with Gasteiger partial charge < -0.3 is 9.09 Å². The van der Waals surface area contributed by atoms with Crippen LogP contribution in [0.3, 0.4) is 0 Å². The van der Waals surface area contributed by atoms with Gasteiger partial charge in [0, 0.05) is 32.6 Å². The van der Waals surface area contributed by atoms with Crippen LogP contribution < -0.4 is 0 Å². The highest BCUT2D eigenvalue weighted by molar-refractivity contribution is 5.12. The summed E-state index contributed by atoms with van der Waals surface area (Å²) in [6.45, 7) is 3.75. The second-order valence-electron chi connectivity index (χ2n) is 5.90. The van der Waals surface area contributed by atoms with Crippen LogP contribution in [0, 0.1) is 6.92 Å². The van der Waals surface area contributed by atoms with Crippen molar-refractivity contribution in [2.75, 3.05) is 13.1 Å². The van der Waals surface area contributed by atoms with Gasteiger partial charge >= 0.3 is 6.18 Å². The fraction of sp³-hybridized carbons (Fsp3) is 0.643. The topological polar surface area (TPSA) is 60.0 Å². The Labute approximate surface area is 131 Å². The van der Waals surface area contributed by atoms with Gasteiger partial charge in [0.05, 0.1) is 6.54 Å². The van der Waals surface area contributed by atoms with Crippen molar-refractivity contribution < 1.29 is 17.7 Å². The smallest absolute Gasteiger partial charge is 0.340 e. The predicted octanol–water partition coefficient (Wildman–Crippen LogP) is 2.51. The third kappa shape index (κ3) is 3.54. The number of aryl methyl sites for hydroxylation is 2. The summed E-state index contributed by atoms with van der Waals surface area (Å²) in [4.78, 5) is 10.1. The van der Waals surface area contributed by atoms with E-state index in [1.165, 1.54) is 4.57 Å². The molecule has 1 atom stereocenters. The lowest BCUT2D eigenvalue weighted by molar-refractivity contribution is -0.141. The zero-order valence-corrected chi connectivity index (χ0v) is 13.0. The van der Waals surface area contributed by atoms with E-state index in [1.54, 1.807) is 14.0 Å². The van der Waals surface area contributed by atoms with E-state index in [-0.39, 0.29) is 5.92 Å². The van der Waals surface area contributed by atoms with Crippen molar-refractivity contribution >= 4 is 0 Å². The third-order valence-electron chi connectivity index (χ3n) is 4.01. The van der Waals surface area contributed by atoms with Gasteiger partial charge in [0.2, 0.25) is 5.89 Å². The second kappa shape index (κ2) is 5.95. The number of imidazole rings is 1. The number of hydrogen-bond acceptors (Lipinski definition) is 5. The zero-order valence-electron chi connectivity index (χ0n) is 13.0. The number of nitrogens with zero attached hydrogens (tertiary/aromatic N) is 5. The van der Waals surface area contributed by atoms with Gasteiger partial charge in [-0.1, -0.05) is 5.16 Å². The summed E-state index contributed by atoms with van der Waals surface area (Å²) in [6, 6.07) is 0. The SMILES string of the molecule is Cc1nc(CN2CCC[C@H](c3nc(C(F)(F)F)cn3C)C2)no1. The number of aromatic nitrogens is 4. The predicted molar refractivity (Wildman–Crippen MR) is 74.5 cm³/mol. The van der Waals surface area contributed by atoms with E-state index in [0.29, 0.717) is 30.6 Å². The fourth-order valence-corrected chi connectivity index (χ4v) is 3.01. The molecule has 0 saturated carbocycles. The summed E-state index contributed by atoms with van der Waals surface area (Å²) < 4.78 is 44.8. The van der Waals surface area contributed by atoms with Crippen molar-refractivity contribution in [1.82, 2.24) is 24.6 Å². The lowest BCUT2D eigenvalue weighted by atomic mass is 9.97. The molecule has 3 heterocycles. The van der Waals surface area contributed by atoms with Crippen LogP contribution in [0.4, 0.5) is 13.2 Å². The molecule has 1 fully saturated rings. The molecule has 0 radical (unpaired) electrons. The summed E-state index contributed by atoms with van der Waals surface area (Å²) >= 11 is 0. The molecule has 2 aromatic heterocycles. The molecule has 0 spiro atoms. The Morgan fingerprint density at radius 1 is 1.35 bits per heavy atom. The highest BCUT2D eigenvalue weighted by atomic mass is 19.4. The summed E-state index contributed by atoms with van der Waals surface area (Å²) in [6.07, 6.45) is -1.64. The van der Waals surface area contributed by atoms with Gasteiger partial charge in [0.1, 0.15) is 5.82 Å². The Kier molecular flexibility index (Phi) is 4.13. The van der Waals surface area contributed by atoms with Gasteiger partial charge in [-0.3, -0.25) is 4.90 Å².